The summed E-state index contributed by atoms with van der Waals surface area (Å²) in [4.78, 5) is 12.1. The number of aromatic hydroxyl groups is 1. The normalized spacial score (nSPS) is 11.4. The number of rotatable bonds is 6. The number of anilines is 1. The number of ether oxygens (including phenoxy) is 1. The quantitative estimate of drug-likeness (QED) is 0.745. The molecule has 1 amide bonds. The van der Waals surface area contributed by atoms with Crippen LogP contribution in [0.1, 0.15) is 30.1 Å². The molecular weight excluding hydrogens is 327 g/mol. The number of halogens is 1. The number of amides is 1. The fourth-order valence-corrected chi connectivity index (χ4v) is 2.20. The number of nitrogens with one attached hydrogen (secondary N) is 1. The molecule has 0 unspecified atom stereocenters. The Labute approximate surface area is 144 Å². The lowest BCUT2D eigenvalue weighted by atomic mass is 10.0. The van der Waals surface area contributed by atoms with Gasteiger partial charge >= 0.3 is 6.09 Å². The Morgan fingerprint density at radius 1 is 1.28 bits per heavy atom. The second-order valence-corrected chi connectivity index (χ2v) is 5.28. The Morgan fingerprint density at radius 2 is 2.00 bits per heavy atom. The molecule has 0 spiro atoms. The van der Waals surface area contributed by atoms with Gasteiger partial charge in [0.2, 0.25) is 0 Å². The van der Waals surface area contributed by atoms with Crippen LogP contribution < -0.4 is 5.32 Å². The van der Waals surface area contributed by atoms with E-state index in [4.69, 9.17) is 15.1 Å². The minimum Gasteiger partial charge on any atom is -0.505 e. The number of carbonyl (C=O) groups is 1. The zero-order valence-electron chi connectivity index (χ0n) is 13.3. The van der Waals surface area contributed by atoms with Crippen molar-refractivity contribution in [1.82, 2.24) is 0 Å². The first-order chi connectivity index (χ1) is 12.0. The summed E-state index contributed by atoms with van der Waals surface area (Å²) in [6, 6.07) is 11.9. The van der Waals surface area contributed by atoms with Crippen molar-refractivity contribution in [1.29, 1.82) is 5.26 Å². The highest BCUT2D eigenvalue weighted by molar-refractivity contribution is 5.84. The van der Waals surface area contributed by atoms with Crippen LogP contribution in [0.5, 0.6) is 5.75 Å². The molecule has 7 heteroatoms. The van der Waals surface area contributed by atoms with E-state index in [2.05, 4.69) is 5.32 Å². The monoisotopic (exact) mass is 344 g/mol. The van der Waals surface area contributed by atoms with Gasteiger partial charge in [-0.1, -0.05) is 6.07 Å². The molecule has 0 radical (unpaired) electrons. The van der Waals surface area contributed by atoms with E-state index in [0.29, 0.717) is 29.7 Å². The van der Waals surface area contributed by atoms with Crippen molar-refractivity contribution in [3.8, 4) is 11.8 Å². The summed E-state index contributed by atoms with van der Waals surface area (Å²) in [5.41, 5.74) is 1.28. The Bertz CT molecular complexity index is 772. The van der Waals surface area contributed by atoms with E-state index in [1.807, 2.05) is 6.07 Å². The highest BCUT2D eigenvalue weighted by Gasteiger charge is 2.18. The number of hydrogen-bond donors (Lipinski definition) is 3. The molecule has 1 atom stereocenters. The van der Waals surface area contributed by atoms with Crippen LogP contribution >= 0.6 is 0 Å². The number of phenols is 1. The van der Waals surface area contributed by atoms with Gasteiger partial charge in [-0.15, -0.1) is 0 Å². The third-order valence-electron chi connectivity index (χ3n) is 3.48. The van der Waals surface area contributed by atoms with Gasteiger partial charge in [-0.25, -0.2) is 9.18 Å². The maximum Gasteiger partial charge on any atom is 0.412 e. The van der Waals surface area contributed by atoms with Crippen LogP contribution in [0.2, 0.25) is 0 Å². The lowest BCUT2D eigenvalue weighted by molar-refractivity contribution is 0.0992. The van der Waals surface area contributed by atoms with Crippen LogP contribution in [0.3, 0.4) is 0 Å². The Kier molecular flexibility index (Phi) is 6.32. The van der Waals surface area contributed by atoms with E-state index < -0.39 is 23.8 Å². The minimum absolute atomic E-state index is 0.0995. The molecule has 0 aromatic heterocycles. The number of hydrogen-bond acceptors (Lipinski definition) is 5. The van der Waals surface area contributed by atoms with Gasteiger partial charge < -0.3 is 14.9 Å². The predicted molar refractivity (Wildman–Crippen MR) is 88.4 cm³/mol. The molecule has 2 aromatic rings. The van der Waals surface area contributed by atoms with Gasteiger partial charge in [0, 0.05) is 12.3 Å². The van der Waals surface area contributed by atoms with Crippen LogP contribution in [0, 0.1) is 17.1 Å². The van der Waals surface area contributed by atoms with Crippen molar-refractivity contribution in [2.75, 3.05) is 11.9 Å². The second-order valence-electron chi connectivity index (χ2n) is 5.28. The van der Waals surface area contributed by atoms with Crippen molar-refractivity contribution in [3.63, 3.8) is 0 Å². The smallest absolute Gasteiger partial charge is 0.412 e. The van der Waals surface area contributed by atoms with E-state index in [1.165, 1.54) is 12.1 Å². The fraction of sp³-hybridized carbons (Fsp3) is 0.222. The highest BCUT2D eigenvalue weighted by Crippen LogP contribution is 2.27. The van der Waals surface area contributed by atoms with Gasteiger partial charge in [0.1, 0.15) is 6.10 Å². The fourth-order valence-electron chi connectivity index (χ4n) is 2.20. The molecule has 0 fully saturated rings. The van der Waals surface area contributed by atoms with Crippen LogP contribution in [-0.2, 0) is 4.74 Å². The van der Waals surface area contributed by atoms with E-state index in [9.17, 15) is 14.3 Å². The van der Waals surface area contributed by atoms with E-state index in [-0.39, 0.29) is 6.61 Å². The van der Waals surface area contributed by atoms with E-state index in [1.54, 1.807) is 24.3 Å². The van der Waals surface area contributed by atoms with E-state index >= 15 is 0 Å². The van der Waals surface area contributed by atoms with Gasteiger partial charge in [-0.2, -0.15) is 5.26 Å². The highest BCUT2D eigenvalue weighted by atomic mass is 19.1. The van der Waals surface area contributed by atoms with Gasteiger partial charge in [0.25, 0.3) is 0 Å². The zero-order valence-corrected chi connectivity index (χ0v) is 13.3. The van der Waals surface area contributed by atoms with Crippen LogP contribution in [0.25, 0.3) is 0 Å². The molecule has 25 heavy (non-hydrogen) atoms. The SMILES string of the molecule is N#Cc1ccc(NC(=O)O[C@H](CCCO)c2ccc(O)c(F)c2)cc1. The average Bonchev–Trinajstić information content (AvgIpc) is 2.61. The maximum atomic E-state index is 13.5. The van der Waals surface area contributed by atoms with Crippen molar-refractivity contribution >= 4 is 11.8 Å². The first-order valence-corrected chi connectivity index (χ1v) is 7.60. The molecular formula is C18H17FN2O4. The van der Waals surface area contributed by atoms with E-state index in [0.717, 1.165) is 6.07 Å². The first-order valence-electron chi connectivity index (χ1n) is 7.60. The van der Waals surface area contributed by atoms with Gasteiger partial charge in [-0.05, 0) is 54.8 Å². The standard InChI is InChI=1S/C18H17FN2O4/c19-15-10-13(5-8-16(15)23)17(2-1-9-22)25-18(24)21-14-6-3-12(11-20)4-7-14/h3-8,10,17,22-23H,1-2,9H2,(H,21,24)/t17-/m1/s1. The van der Waals surface area contributed by atoms with Gasteiger partial charge in [-0.3, -0.25) is 5.32 Å². The molecule has 2 rings (SSSR count). The molecule has 3 N–H and O–H groups in total. The van der Waals surface area contributed by atoms with Crippen molar-refractivity contribution in [3.05, 3.63) is 59.4 Å². The number of aliphatic hydroxyl groups is 1. The molecule has 0 saturated carbocycles. The molecule has 0 heterocycles. The molecule has 0 aliphatic rings. The molecule has 2 aromatic carbocycles. The average molecular weight is 344 g/mol. The molecule has 6 nitrogen and oxygen atoms in total. The van der Waals surface area contributed by atoms with Crippen molar-refractivity contribution in [2.24, 2.45) is 0 Å². The largest absolute Gasteiger partial charge is 0.505 e. The Morgan fingerprint density at radius 3 is 2.60 bits per heavy atom. The molecule has 0 bridgehead atoms. The third kappa shape index (κ3) is 5.19. The summed E-state index contributed by atoms with van der Waals surface area (Å²) >= 11 is 0. The topological polar surface area (TPSA) is 103 Å². The van der Waals surface area contributed by atoms with Gasteiger partial charge in [0.05, 0.1) is 11.6 Å². The number of benzene rings is 2. The third-order valence-corrected chi connectivity index (χ3v) is 3.48. The summed E-state index contributed by atoms with van der Waals surface area (Å²) in [7, 11) is 0. The second kappa shape index (κ2) is 8.66. The predicted octanol–water partition coefficient (Wildman–Crippen LogP) is 3.47. The Hall–Kier alpha value is -3.11. The summed E-state index contributed by atoms with van der Waals surface area (Å²) in [5, 5.41) is 29.5. The minimum atomic E-state index is -0.817. The molecule has 130 valence electrons. The zero-order chi connectivity index (χ0) is 18.2. The molecule has 0 aliphatic carbocycles. The van der Waals surface area contributed by atoms with Crippen LogP contribution in [-0.4, -0.2) is 22.9 Å². The number of phenolic OH excluding ortho intramolecular Hbond substituents is 1. The summed E-state index contributed by atoms with van der Waals surface area (Å²) in [6.45, 7) is -0.0995. The number of aliphatic hydroxyl groups excluding tert-OH is 1. The van der Waals surface area contributed by atoms with Gasteiger partial charge in [0.15, 0.2) is 11.6 Å². The summed E-state index contributed by atoms with van der Waals surface area (Å²) in [6.07, 6.45) is -0.875. The lowest BCUT2D eigenvalue weighted by Crippen LogP contribution is -2.18. The first kappa shape index (κ1) is 18.2. The number of nitrogens with zero attached hydrogens (tertiary/aromatic N) is 1. The Balaban J connectivity index is 2.08. The summed E-state index contributed by atoms with van der Waals surface area (Å²) < 4.78 is 18.9. The maximum absolute atomic E-state index is 13.5. The van der Waals surface area contributed by atoms with Crippen molar-refractivity contribution < 1.29 is 24.1 Å². The number of carbonyl (C=O) groups excluding carboxylic acids is 1. The molecule has 0 saturated heterocycles. The van der Waals surface area contributed by atoms with Crippen molar-refractivity contribution in [2.45, 2.75) is 18.9 Å². The van der Waals surface area contributed by atoms with Crippen LogP contribution in [0.4, 0.5) is 14.9 Å². The summed E-state index contributed by atoms with van der Waals surface area (Å²) in [5.74, 6) is -1.31. The molecule has 0 aliphatic heterocycles. The lowest BCUT2D eigenvalue weighted by Gasteiger charge is -2.18. The number of nitriles is 1. The van der Waals surface area contributed by atoms with Crippen LogP contribution in [0.15, 0.2) is 42.5 Å².